The summed E-state index contributed by atoms with van der Waals surface area (Å²) in [6.07, 6.45) is 46.9. The molecule has 0 aromatic heterocycles. The SMILES string of the molecule is CCCCCCCCCCCCCCCCCC/C=C\OC[C@H](COP(=O)(O)OC[C@@H](O)CO)OC(=O)CCCCCCCCCCCCCCCCCCCC. The van der Waals surface area contributed by atoms with E-state index in [0.29, 0.717) is 0 Å². The molecule has 0 rings (SSSR count). The summed E-state index contributed by atoms with van der Waals surface area (Å²) < 4.78 is 33.2. The zero-order valence-corrected chi connectivity index (χ0v) is 38.2. The summed E-state index contributed by atoms with van der Waals surface area (Å²) in [6.45, 7) is 2.94. The number of aliphatic hydroxyl groups excluding tert-OH is 2. The van der Waals surface area contributed by atoms with Crippen LogP contribution in [0.25, 0.3) is 0 Å². The molecule has 0 aliphatic rings. The molecule has 0 heterocycles. The summed E-state index contributed by atoms with van der Waals surface area (Å²) in [5.74, 6) is -0.398. The number of hydrogen-bond donors (Lipinski definition) is 3. The fraction of sp³-hybridized carbons (Fsp3) is 0.936. The van der Waals surface area contributed by atoms with Gasteiger partial charge in [0.25, 0.3) is 0 Å². The Kier molecular flexibility index (Phi) is 43.8. The van der Waals surface area contributed by atoms with Crippen LogP contribution in [0, 0.1) is 0 Å². The van der Waals surface area contributed by atoms with E-state index in [9.17, 15) is 19.4 Å². The van der Waals surface area contributed by atoms with Crippen molar-refractivity contribution in [3.05, 3.63) is 12.3 Å². The van der Waals surface area contributed by atoms with Gasteiger partial charge in [0.05, 0.1) is 26.1 Å². The average molecular weight is 833 g/mol. The Morgan fingerprint density at radius 2 is 0.877 bits per heavy atom. The monoisotopic (exact) mass is 833 g/mol. The summed E-state index contributed by atoms with van der Waals surface area (Å²) in [5, 5.41) is 18.4. The smallest absolute Gasteiger partial charge is 0.472 e. The predicted octanol–water partition coefficient (Wildman–Crippen LogP) is 14.0. The molecular weight excluding hydrogens is 739 g/mol. The van der Waals surface area contributed by atoms with E-state index in [1.54, 1.807) is 6.26 Å². The van der Waals surface area contributed by atoms with Gasteiger partial charge in [0, 0.05) is 6.42 Å². The van der Waals surface area contributed by atoms with Crippen molar-refractivity contribution >= 4 is 13.8 Å². The Morgan fingerprint density at radius 3 is 1.26 bits per heavy atom. The van der Waals surface area contributed by atoms with Crippen LogP contribution in [-0.2, 0) is 27.9 Å². The minimum atomic E-state index is -4.53. The number of phosphoric acid groups is 1. The Hall–Kier alpha value is -0.960. The first-order valence-corrected chi connectivity index (χ1v) is 25.7. The zero-order valence-electron chi connectivity index (χ0n) is 37.3. The third-order valence-electron chi connectivity index (χ3n) is 10.8. The van der Waals surface area contributed by atoms with Gasteiger partial charge in [-0.1, -0.05) is 219 Å². The highest BCUT2D eigenvalue weighted by molar-refractivity contribution is 7.47. The highest BCUT2D eigenvalue weighted by Crippen LogP contribution is 2.43. The summed E-state index contributed by atoms with van der Waals surface area (Å²) in [5.41, 5.74) is 0. The van der Waals surface area contributed by atoms with Crippen molar-refractivity contribution < 1.29 is 43.0 Å². The lowest BCUT2D eigenvalue weighted by Gasteiger charge is -2.20. The van der Waals surface area contributed by atoms with Gasteiger partial charge in [0.2, 0.25) is 0 Å². The number of hydrogen-bond acceptors (Lipinski definition) is 8. The fourth-order valence-electron chi connectivity index (χ4n) is 7.09. The molecule has 0 aliphatic heterocycles. The maximum atomic E-state index is 12.6. The number of aliphatic hydroxyl groups is 2. The Balaban J connectivity index is 4.11. The van der Waals surface area contributed by atoms with Crippen molar-refractivity contribution in [3.8, 4) is 0 Å². The largest absolute Gasteiger partial charge is 0.498 e. The molecule has 3 N–H and O–H groups in total. The van der Waals surface area contributed by atoms with E-state index < -0.39 is 45.8 Å². The lowest BCUT2D eigenvalue weighted by molar-refractivity contribution is -0.153. The molecule has 0 saturated carbocycles. The molecule has 0 fully saturated rings. The van der Waals surface area contributed by atoms with Gasteiger partial charge in [0.15, 0.2) is 6.10 Å². The third-order valence-corrected chi connectivity index (χ3v) is 11.7. The number of rotatable bonds is 47. The highest BCUT2D eigenvalue weighted by atomic mass is 31.2. The number of unbranched alkanes of at least 4 members (excludes halogenated alkanes) is 33. The lowest BCUT2D eigenvalue weighted by Crippen LogP contribution is -2.28. The molecule has 0 aromatic carbocycles. The minimum Gasteiger partial charge on any atom is -0.498 e. The summed E-state index contributed by atoms with van der Waals surface area (Å²) in [6, 6.07) is 0. The van der Waals surface area contributed by atoms with Gasteiger partial charge in [-0.05, 0) is 25.3 Å². The van der Waals surface area contributed by atoms with Crippen molar-refractivity contribution in [1.82, 2.24) is 0 Å². The number of allylic oxidation sites excluding steroid dienone is 1. The third kappa shape index (κ3) is 44.4. The van der Waals surface area contributed by atoms with Crippen LogP contribution in [0.2, 0.25) is 0 Å². The maximum Gasteiger partial charge on any atom is 0.472 e. The van der Waals surface area contributed by atoms with Gasteiger partial charge in [0.1, 0.15) is 12.7 Å². The molecule has 3 atom stereocenters. The van der Waals surface area contributed by atoms with Crippen molar-refractivity contribution in [1.29, 1.82) is 0 Å². The van der Waals surface area contributed by atoms with Crippen LogP contribution in [0.4, 0.5) is 0 Å². The molecule has 0 aromatic rings. The first-order chi connectivity index (χ1) is 27.8. The minimum absolute atomic E-state index is 0.0282. The molecule has 0 saturated heterocycles. The molecule has 57 heavy (non-hydrogen) atoms. The standard InChI is InChI=1S/C47H93O9P/c1-3-5-7-9-11-13-15-17-19-21-23-25-27-29-31-33-35-37-39-47(50)56-46(44-55-57(51,52)54-42-45(49)41-48)43-53-40-38-36-34-32-30-28-26-24-22-20-18-16-14-12-10-8-6-4-2/h38,40,45-46,48-49H,3-37,39,41-44H2,1-2H3,(H,51,52)/b40-38-/t45-,46+/m0/s1. The highest BCUT2D eigenvalue weighted by Gasteiger charge is 2.26. The Bertz CT molecular complexity index is 902. The zero-order chi connectivity index (χ0) is 41.8. The maximum absolute atomic E-state index is 12.6. The van der Waals surface area contributed by atoms with Gasteiger partial charge in [-0.25, -0.2) is 4.57 Å². The number of phosphoric ester groups is 1. The van der Waals surface area contributed by atoms with Crippen LogP contribution in [0.15, 0.2) is 12.3 Å². The number of esters is 1. The molecule has 340 valence electrons. The van der Waals surface area contributed by atoms with Gasteiger partial charge < -0.3 is 24.6 Å². The van der Waals surface area contributed by atoms with Crippen LogP contribution in [0.3, 0.4) is 0 Å². The van der Waals surface area contributed by atoms with Crippen molar-refractivity contribution in [3.63, 3.8) is 0 Å². The second-order valence-corrected chi connectivity index (χ2v) is 18.0. The van der Waals surface area contributed by atoms with E-state index in [2.05, 4.69) is 13.8 Å². The number of carbonyl (C=O) groups is 1. The van der Waals surface area contributed by atoms with E-state index in [0.717, 1.165) is 32.1 Å². The van der Waals surface area contributed by atoms with Gasteiger partial charge in [-0.15, -0.1) is 0 Å². The van der Waals surface area contributed by atoms with Crippen LogP contribution < -0.4 is 0 Å². The fourth-order valence-corrected chi connectivity index (χ4v) is 7.88. The van der Waals surface area contributed by atoms with E-state index in [-0.39, 0.29) is 13.0 Å². The first kappa shape index (κ1) is 56.0. The van der Waals surface area contributed by atoms with Crippen LogP contribution in [0.5, 0.6) is 0 Å². The Labute approximate surface area is 351 Å². The van der Waals surface area contributed by atoms with Gasteiger partial charge in [-0.3, -0.25) is 13.8 Å². The lowest BCUT2D eigenvalue weighted by atomic mass is 10.0. The van der Waals surface area contributed by atoms with Crippen molar-refractivity contribution in [2.24, 2.45) is 0 Å². The van der Waals surface area contributed by atoms with E-state index in [1.807, 2.05) is 6.08 Å². The summed E-state index contributed by atoms with van der Waals surface area (Å²) in [7, 11) is -4.53. The average Bonchev–Trinajstić information content (AvgIpc) is 3.20. The van der Waals surface area contributed by atoms with Crippen LogP contribution in [0.1, 0.15) is 245 Å². The molecule has 0 bridgehead atoms. The van der Waals surface area contributed by atoms with Gasteiger partial charge >= 0.3 is 13.8 Å². The molecule has 0 amide bonds. The Morgan fingerprint density at radius 1 is 0.526 bits per heavy atom. The number of ether oxygens (including phenoxy) is 2. The first-order valence-electron chi connectivity index (χ1n) is 24.2. The predicted molar refractivity (Wildman–Crippen MR) is 237 cm³/mol. The molecule has 10 heteroatoms. The van der Waals surface area contributed by atoms with Crippen molar-refractivity contribution in [2.75, 3.05) is 26.4 Å². The second kappa shape index (κ2) is 44.6. The molecular formula is C47H93O9P. The molecule has 9 nitrogen and oxygen atoms in total. The van der Waals surface area contributed by atoms with Crippen LogP contribution >= 0.6 is 7.82 Å². The summed E-state index contributed by atoms with van der Waals surface area (Å²) in [4.78, 5) is 22.6. The number of carbonyl (C=O) groups excluding carboxylic acids is 1. The van der Waals surface area contributed by atoms with E-state index >= 15 is 0 Å². The second-order valence-electron chi connectivity index (χ2n) is 16.6. The van der Waals surface area contributed by atoms with Gasteiger partial charge in [-0.2, -0.15) is 0 Å². The normalized spacial score (nSPS) is 13.9. The van der Waals surface area contributed by atoms with E-state index in [1.165, 1.54) is 193 Å². The molecule has 1 unspecified atom stereocenters. The van der Waals surface area contributed by atoms with Crippen molar-refractivity contribution in [2.45, 2.75) is 257 Å². The molecule has 0 spiro atoms. The topological polar surface area (TPSA) is 132 Å². The summed E-state index contributed by atoms with van der Waals surface area (Å²) >= 11 is 0. The van der Waals surface area contributed by atoms with E-state index in [4.69, 9.17) is 23.6 Å². The van der Waals surface area contributed by atoms with Crippen LogP contribution in [-0.4, -0.2) is 59.7 Å². The quantitative estimate of drug-likeness (QED) is 0.0237. The molecule has 0 aliphatic carbocycles. The molecule has 0 radical (unpaired) electrons.